The number of rotatable bonds is 5. The van der Waals surface area contributed by atoms with Crippen LogP contribution in [0.5, 0.6) is 0 Å². The number of thioether (sulfide) groups is 1. The average molecular weight is 377 g/mol. The number of carbonyl (C=O) groups is 1. The number of hydrogen-bond donors (Lipinski definition) is 0. The molecule has 1 aromatic carbocycles. The first kappa shape index (κ1) is 18.6. The minimum atomic E-state index is 0.0243. The van der Waals surface area contributed by atoms with Gasteiger partial charge in [0.25, 0.3) is 5.91 Å². The summed E-state index contributed by atoms with van der Waals surface area (Å²) in [4.78, 5) is 17.4. The highest BCUT2D eigenvalue weighted by Crippen LogP contribution is 2.32. The van der Waals surface area contributed by atoms with Crippen molar-refractivity contribution in [1.82, 2.24) is 9.80 Å². The third-order valence-corrected chi connectivity index (χ3v) is 5.90. The highest BCUT2D eigenvalue weighted by molar-refractivity contribution is 8.26. The highest BCUT2D eigenvalue weighted by Gasteiger charge is 2.32. The van der Waals surface area contributed by atoms with Crippen LogP contribution in [0.15, 0.2) is 29.2 Å². The van der Waals surface area contributed by atoms with Crippen LogP contribution in [0.25, 0.3) is 6.08 Å². The molecule has 2 saturated heterocycles. The Bertz CT molecular complexity index is 665. The van der Waals surface area contributed by atoms with E-state index in [4.69, 9.17) is 17.0 Å². The fraction of sp³-hybridized carbons (Fsp3) is 0.474. The molecule has 0 radical (unpaired) electrons. The maximum Gasteiger partial charge on any atom is 0.266 e. The van der Waals surface area contributed by atoms with E-state index in [2.05, 4.69) is 43.0 Å². The van der Waals surface area contributed by atoms with Crippen LogP contribution in [-0.2, 0) is 9.53 Å². The Balaban J connectivity index is 1.63. The Kier molecular flexibility index (Phi) is 6.28. The second-order valence-corrected chi connectivity index (χ2v) is 8.28. The quantitative estimate of drug-likeness (QED) is 0.581. The number of hydrogen-bond acceptors (Lipinski definition) is 5. The zero-order valence-corrected chi connectivity index (χ0v) is 16.4. The molecule has 134 valence electrons. The van der Waals surface area contributed by atoms with E-state index in [0.717, 1.165) is 38.4 Å². The van der Waals surface area contributed by atoms with Gasteiger partial charge in [-0.2, -0.15) is 0 Å². The molecule has 6 heteroatoms. The standard InChI is InChI=1S/C19H24N2O2S2/c1-14(2)16-5-3-15(4-6-16)13-17-18(22)21(19(24)25-17)8-7-20-9-11-23-12-10-20/h3-6,13-14H,7-12H2,1-2H3. The summed E-state index contributed by atoms with van der Waals surface area (Å²) in [5.41, 5.74) is 2.34. The van der Waals surface area contributed by atoms with Crippen molar-refractivity contribution >= 4 is 40.3 Å². The zero-order chi connectivity index (χ0) is 17.8. The molecule has 0 spiro atoms. The minimum absolute atomic E-state index is 0.0243. The van der Waals surface area contributed by atoms with Gasteiger partial charge in [-0.3, -0.25) is 14.6 Å². The fourth-order valence-corrected chi connectivity index (χ4v) is 4.20. The number of ether oxygens (including phenoxy) is 1. The molecule has 0 aromatic heterocycles. The largest absolute Gasteiger partial charge is 0.379 e. The lowest BCUT2D eigenvalue weighted by molar-refractivity contribution is -0.122. The van der Waals surface area contributed by atoms with Crippen LogP contribution in [0.3, 0.4) is 0 Å². The van der Waals surface area contributed by atoms with E-state index in [1.165, 1.54) is 17.3 Å². The van der Waals surface area contributed by atoms with Gasteiger partial charge < -0.3 is 4.74 Å². The van der Waals surface area contributed by atoms with Crippen molar-refractivity contribution in [3.63, 3.8) is 0 Å². The van der Waals surface area contributed by atoms with Crippen LogP contribution in [-0.4, -0.2) is 59.4 Å². The maximum absolute atomic E-state index is 12.7. The molecule has 0 unspecified atom stereocenters. The number of morpholine rings is 1. The molecule has 1 aromatic rings. The van der Waals surface area contributed by atoms with Crippen LogP contribution in [0.4, 0.5) is 0 Å². The van der Waals surface area contributed by atoms with E-state index in [1.54, 1.807) is 4.90 Å². The van der Waals surface area contributed by atoms with Crippen molar-refractivity contribution in [2.24, 2.45) is 0 Å². The first-order valence-electron chi connectivity index (χ1n) is 8.70. The summed E-state index contributed by atoms with van der Waals surface area (Å²) >= 11 is 6.82. The summed E-state index contributed by atoms with van der Waals surface area (Å²) in [5, 5.41) is 0. The highest BCUT2D eigenvalue weighted by atomic mass is 32.2. The predicted octanol–water partition coefficient (Wildman–Crippen LogP) is 3.34. The van der Waals surface area contributed by atoms with Gasteiger partial charge >= 0.3 is 0 Å². The third-order valence-electron chi connectivity index (χ3n) is 4.52. The molecule has 2 aliphatic rings. The Morgan fingerprint density at radius 3 is 2.52 bits per heavy atom. The van der Waals surface area contributed by atoms with Crippen molar-refractivity contribution in [2.45, 2.75) is 19.8 Å². The van der Waals surface area contributed by atoms with Crippen molar-refractivity contribution in [2.75, 3.05) is 39.4 Å². The average Bonchev–Trinajstić information content (AvgIpc) is 2.88. The van der Waals surface area contributed by atoms with Gasteiger partial charge in [0, 0.05) is 26.2 Å². The molecule has 2 aliphatic heterocycles. The topological polar surface area (TPSA) is 32.8 Å². The van der Waals surface area contributed by atoms with Gasteiger partial charge in [0.2, 0.25) is 0 Å². The molecule has 0 atom stereocenters. The predicted molar refractivity (Wildman–Crippen MR) is 108 cm³/mol. The third kappa shape index (κ3) is 4.70. The molecule has 3 rings (SSSR count). The first-order chi connectivity index (χ1) is 12.0. The number of carbonyl (C=O) groups excluding carboxylic acids is 1. The molecule has 2 heterocycles. The van der Waals surface area contributed by atoms with Crippen LogP contribution in [0.1, 0.15) is 30.9 Å². The van der Waals surface area contributed by atoms with E-state index in [-0.39, 0.29) is 5.91 Å². The summed E-state index contributed by atoms with van der Waals surface area (Å²) in [6.45, 7) is 9.22. The smallest absolute Gasteiger partial charge is 0.266 e. The van der Waals surface area contributed by atoms with Gasteiger partial charge in [-0.1, -0.05) is 62.1 Å². The van der Waals surface area contributed by atoms with Gasteiger partial charge in [0.15, 0.2) is 0 Å². The van der Waals surface area contributed by atoms with Crippen molar-refractivity contribution in [1.29, 1.82) is 0 Å². The molecule has 2 fully saturated rings. The molecule has 25 heavy (non-hydrogen) atoms. The zero-order valence-electron chi connectivity index (χ0n) is 14.7. The molecule has 0 bridgehead atoms. The van der Waals surface area contributed by atoms with Gasteiger partial charge in [-0.05, 0) is 23.1 Å². The van der Waals surface area contributed by atoms with Gasteiger partial charge in [-0.15, -0.1) is 0 Å². The molecule has 1 amide bonds. The molecule has 0 N–H and O–H groups in total. The lowest BCUT2D eigenvalue weighted by Gasteiger charge is -2.28. The molecular weight excluding hydrogens is 352 g/mol. The summed E-state index contributed by atoms with van der Waals surface area (Å²) in [7, 11) is 0. The Morgan fingerprint density at radius 1 is 1.20 bits per heavy atom. The molecule has 0 saturated carbocycles. The fourth-order valence-electron chi connectivity index (χ4n) is 2.89. The Labute approximate surface area is 159 Å². The molecule has 4 nitrogen and oxygen atoms in total. The summed E-state index contributed by atoms with van der Waals surface area (Å²) < 4.78 is 6.01. The minimum Gasteiger partial charge on any atom is -0.379 e. The molecule has 0 aliphatic carbocycles. The van der Waals surface area contributed by atoms with Crippen molar-refractivity contribution < 1.29 is 9.53 Å². The van der Waals surface area contributed by atoms with Gasteiger partial charge in [0.05, 0.1) is 18.1 Å². The summed E-state index contributed by atoms with van der Waals surface area (Å²) in [6, 6.07) is 8.37. The Morgan fingerprint density at radius 2 is 1.88 bits per heavy atom. The number of benzene rings is 1. The second-order valence-electron chi connectivity index (χ2n) is 6.61. The monoisotopic (exact) mass is 376 g/mol. The van der Waals surface area contributed by atoms with Crippen LogP contribution in [0.2, 0.25) is 0 Å². The SMILES string of the molecule is CC(C)c1ccc(C=C2SC(=S)N(CCN3CCOCC3)C2=O)cc1. The molecular formula is C19H24N2O2S2. The van der Waals surface area contributed by atoms with Crippen LogP contribution in [0, 0.1) is 0 Å². The Hall–Kier alpha value is -1.21. The van der Waals surface area contributed by atoms with Crippen molar-refractivity contribution in [3.8, 4) is 0 Å². The first-order valence-corrected chi connectivity index (χ1v) is 9.92. The van der Waals surface area contributed by atoms with E-state index in [1.807, 2.05) is 6.08 Å². The number of nitrogens with zero attached hydrogens (tertiary/aromatic N) is 2. The van der Waals surface area contributed by atoms with Crippen molar-refractivity contribution in [3.05, 3.63) is 40.3 Å². The summed E-state index contributed by atoms with van der Waals surface area (Å²) in [6.07, 6.45) is 1.94. The second kappa shape index (κ2) is 8.45. The normalized spacial score (nSPS) is 20.9. The van der Waals surface area contributed by atoms with E-state index in [9.17, 15) is 4.79 Å². The van der Waals surface area contributed by atoms with Gasteiger partial charge in [0.1, 0.15) is 4.32 Å². The lowest BCUT2D eigenvalue weighted by Crippen LogP contribution is -2.42. The maximum atomic E-state index is 12.7. The number of thiocarbonyl (C=S) groups is 1. The van der Waals surface area contributed by atoms with E-state index >= 15 is 0 Å². The van der Waals surface area contributed by atoms with Crippen LogP contribution < -0.4 is 0 Å². The van der Waals surface area contributed by atoms with E-state index < -0.39 is 0 Å². The van der Waals surface area contributed by atoms with E-state index in [0.29, 0.717) is 21.7 Å². The van der Waals surface area contributed by atoms with Gasteiger partial charge in [-0.25, -0.2) is 0 Å². The number of amides is 1. The summed E-state index contributed by atoms with van der Waals surface area (Å²) in [5.74, 6) is 0.531. The van der Waals surface area contributed by atoms with Crippen LogP contribution >= 0.6 is 24.0 Å². The lowest BCUT2D eigenvalue weighted by atomic mass is 10.0.